The smallest absolute Gasteiger partial charge is 0.274 e. The van der Waals surface area contributed by atoms with Crippen molar-refractivity contribution in [2.24, 2.45) is 0 Å². The van der Waals surface area contributed by atoms with Gasteiger partial charge in [-0.25, -0.2) is 14.6 Å². The lowest BCUT2D eigenvalue weighted by molar-refractivity contribution is 0.0945. The van der Waals surface area contributed by atoms with Crippen LogP contribution in [0.2, 0.25) is 0 Å². The van der Waals surface area contributed by atoms with Gasteiger partial charge >= 0.3 is 0 Å². The fraction of sp³-hybridized carbons (Fsp3) is 0.182. The molecule has 8 nitrogen and oxygen atoms in total. The number of carbonyl (C=O) groups excluding carboxylic acids is 1. The van der Waals surface area contributed by atoms with E-state index in [0.717, 1.165) is 27.1 Å². The van der Waals surface area contributed by atoms with E-state index >= 15 is 0 Å². The molecule has 0 aliphatic heterocycles. The van der Waals surface area contributed by atoms with Gasteiger partial charge < -0.3 is 5.32 Å². The third kappa shape index (κ3) is 5.38. The van der Waals surface area contributed by atoms with E-state index in [2.05, 4.69) is 46.5 Å². The van der Waals surface area contributed by atoms with E-state index in [1.54, 1.807) is 17.1 Å². The van der Waals surface area contributed by atoms with Crippen molar-refractivity contribution < 1.29 is 4.79 Å². The molecule has 0 atom stereocenters. The molecule has 162 valence electrons. The maximum absolute atomic E-state index is 13.0. The van der Waals surface area contributed by atoms with Gasteiger partial charge in [-0.3, -0.25) is 9.78 Å². The lowest BCUT2D eigenvalue weighted by Crippen LogP contribution is -2.24. The van der Waals surface area contributed by atoms with Gasteiger partial charge in [0.1, 0.15) is 0 Å². The van der Waals surface area contributed by atoms with Crippen molar-refractivity contribution in [2.45, 2.75) is 31.3 Å². The Bertz CT molecular complexity index is 1210. The third-order valence-electron chi connectivity index (χ3n) is 4.55. The van der Waals surface area contributed by atoms with Crippen molar-refractivity contribution in [3.63, 3.8) is 0 Å². The Hall–Kier alpha value is -3.11. The van der Waals surface area contributed by atoms with Crippen LogP contribution in [0.4, 0.5) is 0 Å². The van der Waals surface area contributed by atoms with Gasteiger partial charge in [-0.05, 0) is 61.9 Å². The summed E-state index contributed by atoms with van der Waals surface area (Å²) in [5.41, 5.74) is 4.51. The van der Waals surface area contributed by atoms with Crippen molar-refractivity contribution >= 4 is 33.6 Å². The van der Waals surface area contributed by atoms with Crippen molar-refractivity contribution in [1.82, 2.24) is 35.3 Å². The highest BCUT2D eigenvalue weighted by Gasteiger charge is 2.21. The molecule has 0 spiro atoms. The molecule has 0 radical (unpaired) electrons. The van der Waals surface area contributed by atoms with Crippen LogP contribution in [0.25, 0.3) is 5.69 Å². The molecule has 0 unspecified atom stereocenters. The summed E-state index contributed by atoms with van der Waals surface area (Å²) < 4.78 is 2.64. The van der Waals surface area contributed by atoms with E-state index in [1.807, 2.05) is 56.3 Å². The van der Waals surface area contributed by atoms with Gasteiger partial charge in [0.05, 0.1) is 11.4 Å². The van der Waals surface area contributed by atoms with Crippen molar-refractivity contribution in [1.29, 1.82) is 0 Å². The van der Waals surface area contributed by atoms with Gasteiger partial charge in [-0.2, -0.15) is 0 Å². The Kier molecular flexibility index (Phi) is 6.91. The average molecular weight is 510 g/mol. The van der Waals surface area contributed by atoms with Gasteiger partial charge in [0.15, 0.2) is 10.9 Å². The van der Waals surface area contributed by atoms with E-state index in [-0.39, 0.29) is 11.6 Å². The van der Waals surface area contributed by atoms with Gasteiger partial charge in [0, 0.05) is 40.6 Å². The molecule has 32 heavy (non-hydrogen) atoms. The van der Waals surface area contributed by atoms with E-state index in [9.17, 15) is 4.79 Å². The summed E-state index contributed by atoms with van der Waals surface area (Å²) in [6.45, 7) is 4.24. The number of carbonyl (C=O) groups is 1. The number of benzene rings is 1. The second kappa shape index (κ2) is 10.0. The first-order valence-corrected chi connectivity index (χ1v) is 11.6. The lowest BCUT2D eigenvalue weighted by Gasteiger charge is -2.09. The van der Waals surface area contributed by atoms with Crippen LogP contribution in [0, 0.1) is 13.8 Å². The number of nitrogens with one attached hydrogen (secondary N) is 1. The number of hydrogen-bond acceptors (Lipinski definition) is 7. The molecule has 0 bridgehead atoms. The fourth-order valence-electron chi connectivity index (χ4n) is 3.05. The number of thioether (sulfide) groups is 1. The number of hydrogen-bond donors (Lipinski definition) is 1. The monoisotopic (exact) mass is 509 g/mol. The van der Waals surface area contributed by atoms with Gasteiger partial charge in [0.25, 0.3) is 5.91 Å². The molecule has 0 saturated heterocycles. The maximum Gasteiger partial charge on any atom is 0.274 e. The summed E-state index contributed by atoms with van der Waals surface area (Å²) in [6, 6.07) is 13.3. The molecule has 4 aromatic rings. The number of amides is 1. The maximum atomic E-state index is 13.0. The number of halogens is 1. The molecule has 3 heterocycles. The largest absolute Gasteiger partial charge is 0.347 e. The summed E-state index contributed by atoms with van der Waals surface area (Å²) in [5.74, 6) is 0.145. The molecule has 10 heteroatoms. The van der Waals surface area contributed by atoms with Gasteiger partial charge in [-0.1, -0.05) is 32.9 Å². The molecule has 0 saturated carbocycles. The van der Waals surface area contributed by atoms with Crippen LogP contribution >= 0.6 is 27.7 Å². The molecule has 1 aromatic carbocycles. The number of nitrogens with zero attached hydrogens (tertiary/aromatic N) is 6. The Labute approximate surface area is 198 Å². The standard InChI is InChI=1S/C22H20BrN7OS/c1-14-11-15(2)27-22(26-14)32-13-19-20(21(31)25-12-16-7-9-24-10-8-16)28-29-30(19)18-5-3-17(23)4-6-18/h3-11H,12-13H2,1-2H3,(H,25,31). The summed E-state index contributed by atoms with van der Waals surface area (Å²) in [6.07, 6.45) is 3.38. The molecule has 1 amide bonds. The number of aryl methyl sites for hydroxylation is 2. The first-order chi connectivity index (χ1) is 15.5. The Morgan fingerprint density at radius 1 is 1.06 bits per heavy atom. The SMILES string of the molecule is Cc1cc(C)nc(SCc2c(C(=O)NCc3ccncc3)nnn2-c2ccc(Br)cc2)n1. The number of aromatic nitrogens is 6. The van der Waals surface area contributed by atoms with Gasteiger partial charge in [-0.15, -0.1) is 5.10 Å². The van der Waals surface area contributed by atoms with Crippen LogP contribution in [0.15, 0.2) is 64.5 Å². The van der Waals surface area contributed by atoms with Crippen LogP contribution < -0.4 is 5.32 Å². The first-order valence-electron chi connectivity index (χ1n) is 9.82. The number of pyridine rings is 1. The molecular weight excluding hydrogens is 490 g/mol. The fourth-order valence-corrected chi connectivity index (χ4v) is 4.26. The second-order valence-electron chi connectivity index (χ2n) is 7.03. The highest BCUT2D eigenvalue weighted by atomic mass is 79.9. The molecular formula is C22H20BrN7OS. The third-order valence-corrected chi connectivity index (χ3v) is 5.94. The van der Waals surface area contributed by atoms with Crippen molar-refractivity contribution in [2.75, 3.05) is 0 Å². The van der Waals surface area contributed by atoms with Crippen molar-refractivity contribution in [3.8, 4) is 5.69 Å². The molecule has 0 aliphatic rings. The van der Waals surface area contributed by atoms with Crippen LogP contribution in [0.3, 0.4) is 0 Å². The Morgan fingerprint density at radius 3 is 2.44 bits per heavy atom. The predicted molar refractivity (Wildman–Crippen MR) is 126 cm³/mol. The molecule has 1 N–H and O–H groups in total. The highest BCUT2D eigenvalue weighted by Crippen LogP contribution is 2.24. The van der Waals surface area contributed by atoms with E-state index in [0.29, 0.717) is 23.1 Å². The van der Waals surface area contributed by atoms with E-state index in [4.69, 9.17) is 0 Å². The summed E-state index contributed by atoms with van der Waals surface area (Å²) in [5, 5.41) is 12.0. The molecule has 3 aromatic heterocycles. The summed E-state index contributed by atoms with van der Waals surface area (Å²) >= 11 is 4.89. The lowest BCUT2D eigenvalue weighted by atomic mass is 10.2. The molecule has 0 aliphatic carbocycles. The minimum Gasteiger partial charge on any atom is -0.347 e. The van der Waals surface area contributed by atoms with E-state index in [1.165, 1.54) is 11.8 Å². The summed E-state index contributed by atoms with van der Waals surface area (Å²) in [4.78, 5) is 25.9. The molecule has 4 rings (SSSR count). The minimum atomic E-state index is -0.290. The second-order valence-corrected chi connectivity index (χ2v) is 8.89. The minimum absolute atomic E-state index is 0.277. The zero-order chi connectivity index (χ0) is 22.5. The van der Waals surface area contributed by atoms with Crippen molar-refractivity contribution in [3.05, 3.63) is 87.7 Å². The van der Waals surface area contributed by atoms with Crippen LogP contribution in [-0.4, -0.2) is 35.9 Å². The topological polar surface area (TPSA) is 98.5 Å². The zero-order valence-corrected chi connectivity index (χ0v) is 19.9. The van der Waals surface area contributed by atoms with Gasteiger partial charge in [0.2, 0.25) is 0 Å². The Morgan fingerprint density at radius 2 is 1.75 bits per heavy atom. The molecule has 0 fully saturated rings. The van der Waals surface area contributed by atoms with E-state index < -0.39 is 0 Å². The number of rotatable bonds is 7. The van der Waals surface area contributed by atoms with Crippen LogP contribution in [0.1, 0.15) is 33.1 Å². The first kappa shape index (κ1) is 22.1. The Balaban J connectivity index is 1.61. The predicted octanol–water partition coefficient (Wildman–Crippen LogP) is 4.05. The highest BCUT2D eigenvalue weighted by molar-refractivity contribution is 9.10. The van der Waals surface area contributed by atoms with Crippen LogP contribution in [-0.2, 0) is 12.3 Å². The zero-order valence-electron chi connectivity index (χ0n) is 17.5. The normalized spacial score (nSPS) is 10.8. The summed E-state index contributed by atoms with van der Waals surface area (Å²) in [7, 11) is 0. The quantitative estimate of drug-likeness (QED) is 0.296. The van der Waals surface area contributed by atoms with Crippen LogP contribution in [0.5, 0.6) is 0 Å². The average Bonchev–Trinajstić information content (AvgIpc) is 3.20.